The Morgan fingerprint density at radius 3 is 3.00 bits per heavy atom. The van der Waals surface area contributed by atoms with Crippen LogP contribution >= 0.6 is 0 Å². The molecule has 0 aromatic rings. The maximum absolute atomic E-state index is 6.81. The smallest absolute Gasteiger partial charge is 0.225 e. The topological polar surface area (TPSA) is 13.6 Å². The van der Waals surface area contributed by atoms with Crippen molar-refractivity contribution in [3.05, 3.63) is 11.4 Å². The van der Waals surface area contributed by atoms with Crippen LogP contribution in [0.5, 0.6) is 0 Å². The van der Waals surface area contributed by atoms with Crippen molar-refractivity contribution < 1.29 is 4.74 Å². The highest BCUT2D eigenvalue weighted by Crippen LogP contribution is 2.18. The maximum atomic E-state index is 6.81. The first-order chi connectivity index (χ1) is 4.84. The van der Waals surface area contributed by atoms with Crippen LogP contribution in [0.3, 0.4) is 0 Å². The van der Waals surface area contributed by atoms with Crippen LogP contribution < -0.4 is 0 Å². The Labute approximate surface area is 62.0 Å². The van der Waals surface area contributed by atoms with Crippen molar-refractivity contribution in [1.29, 1.82) is 0 Å². The molecule has 0 spiro atoms. The molecule has 0 aromatic carbocycles. The van der Waals surface area contributed by atoms with Gasteiger partial charge in [0.15, 0.2) is 0 Å². The average molecular weight is 139 g/mol. The van der Waals surface area contributed by atoms with Gasteiger partial charge in [-0.2, -0.15) is 0 Å². The normalized spacial score (nSPS) is 29.0. The van der Waals surface area contributed by atoms with Gasteiger partial charge in [0.25, 0.3) is 0 Å². The van der Waals surface area contributed by atoms with E-state index in [2.05, 4.69) is 4.85 Å². The Hall–Kier alpha value is -0.550. The summed E-state index contributed by atoms with van der Waals surface area (Å²) >= 11 is 0. The van der Waals surface area contributed by atoms with Gasteiger partial charge in [-0.15, -0.1) is 0 Å². The molecule has 2 unspecified atom stereocenters. The molecule has 1 saturated heterocycles. The molecule has 1 aliphatic rings. The lowest BCUT2D eigenvalue weighted by Crippen LogP contribution is -2.24. The molecule has 1 aliphatic heterocycles. The fraction of sp³-hybridized carbons (Fsp3) is 0.875. The summed E-state index contributed by atoms with van der Waals surface area (Å²) < 4.78 is 5.26. The third-order valence-corrected chi connectivity index (χ3v) is 2.08. The van der Waals surface area contributed by atoms with Crippen molar-refractivity contribution in [2.45, 2.75) is 25.8 Å². The van der Waals surface area contributed by atoms with Crippen LogP contribution in [0.1, 0.15) is 19.8 Å². The predicted molar refractivity (Wildman–Crippen MR) is 39.6 cm³/mol. The van der Waals surface area contributed by atoms with Crippen LogP contribution in [0.2, 0.25) is 0 Å². The highest BCUT2D eigenvalue weighted by Gasteiger charge is 2.23. The van der Waals surface area contributed by atoms with Gasteiger partial charge in [-0.25, -0.2) is 6.57 Å². The summed E-state index contributed by atoms with van der Waals surface area (Å²) in [7, 11) is 0. The second-order valence-corrected chi connectivity index (χ2v) is 2.85. The van der Waals surface area contributed by atoms with Crippen molar-refractivity contribution in [3.8, 4) is 0 Å². The van der Waals surface area contributed by atoms with Gasteiger partial charge in [0.2, 0.25) is 6.04 Å². The summed E-state index contributed by atoms with van der Waals surface area (Å²) in [4.78, 5) is 3.48. The molecule has 56 valence electrons. The van der Waals surface area contributed by atoms with Crippen LogP contribution in [0.15, 0.2) is 0 Å². The van der Waals surface area contributed by atoms with E-state index in [9.17, 15) is 0 Å². The quantitative estimate of drug-likeness (QED) is 0.504. The van der Waals surface area contributed by atoms with E-state index in [1.165, 1.54) is 6.42 Å². The first kappa shape index (κ1) is 7.56. The SMILES string of the molecule is [C-]#[N+]C(C)C1CCCOC1. The van der Waals surface area contributed by atoms with Gasteiger partial charge < -0.3 is 9.58 Å². The number of rotatable bonds is 1. The Balaban J connectivity index is 2.33. The summed E-state index contributed by atoms with van der Waals surface area (Å²) in [5.74, 6) is 0.492. The van der Waals surface area contributed by atoms with Gasteiger partial charge in [-0.3, -0.25) is 0 Å². The average Bonchev–Trinajstić information content (AvgIpc) is 2.05. The molecular weight excluding hydrogens is 126 g/mol. The van der Waals surface area contributed by atoms with E-state index in [4.69, 9.17) is 11.3 Å². The molecule has 0 aliphatic carbocycles. The van der Waals surface area contributed by atoms with Gasteiger partial charge in [0.05, 0.1) is 12.5 Å². The standard InChI is InChI=1S/C8H13NO/c1-7(9-2)8-4-3-5-10-6-8/h7-8H,3-6H2,1H3. The Morgan fingerprint density at radius 1 is 1.70 bits per heavy atom. The van der Waals surface area contributed by atoms with Crippen LogP contribution in [0, 0.1) is 12.5 Å². The van der Waals surface area contributed by atoms with E-state index in [0.717, 1.165) is 19.6 Å². The Morgan fingerprint density at radius 2 is 2.50 bits per heavy atom. The molecule has 0 amide bonds. The molecule has 0 bridgehead atoms. The van der Waals surface area contributed by atoms with Crippen LogP contribution in [-0.2, 0) is 4.74 Å². The minimum Gasteiger partial charge on any atom is -0.381 e. The summed E-state index contributed by atoms with van der Waals surface area (Å²) in [5, 5.41) is 0. The molecular formula is C8H13NO. The van der Waals surface area contributed by atoms with Gasteiger partial charge in [-0.1, -0.05) is 0 Å². The monoisotopic (exact) mass is 139 g/mol. The molecule has 2 heteroatoms. The number of nitrogens with zero attached hydrogens (tertiary/aromatic N) is 1. The Bertz CT molecular complexity index is 133. The van der Waals surface area contributed by atoms with Gasteiger partial charge in [-0.05, 0) is 12.8 Å². The fourth-order valence-electron chi connectivity index (χ4n) is 1.25. The van der Waals surface area contributed by atoms with E-state index in [1.54, 1.807) is 0 Å². The van der Waals surface area contributed by atoms with Gasteiger partial charge >= 0.3 is 0 Å². The lowest BCUT2D eigenvalue weighted by atomic mass is 9.96. The van der Waals surface area contributed by atoms with E-state index in [-0.39, 0.29) is 6.04 Å². The summed E-state index contributed by atoms with van der Waals surface area (Å²) in [6.45, 7) is 10.5. The van der Waals surface area contributed by atoms with E-state index in [1.807, 2.05) is 6.92 Å². The zero-order valence-corrected chi connectivity index (χ0v) is 6.34. The lowest BCUT2D eigenvalue weighted by molar-refractivity contribution is 0.0514. The lowest BCUT2D eigenvalue weighted by Gasteiger charge is -2.20. The van der Waals surface area contributed by atoms with Crippen molar-refractivity contribution in [1.82, 2.24) is 0 Å². The number of hydrogen-bond acceptors (Lipinski definition) is 1. The third-order valence-electron chi connectivity index (χ3n) is 2.08. The van der Waals surface area contributed by atoms with Gasteiger partial charge in [0, 0.05) is 13.5 Å². The molecule has 1 heterocycles. The first-order valence-electron chi connectivity index (χ1n) is 3.79. The second kappa shape index (κ2) is 3.58. The van der Waals surface area contributed by atoms with Crippen molar-refractivity contribution in [2.24, 2.45) is 5.92 Å². The molecule has 1 rings (SSSR count). The van der Waals surface area contributed by atoms with Crippen LogP contribution in [-0.4, -0.2) is 19.3 Å². The minimum absolute atomic E-state index is 0.153. The number of hydrogen-bond donors (Lipinski definition) is 0. The predicted octanol–water partition coefficient (Wildman–Crippen LogP) is 1.72. The highest BCUT2D eigenvalue weighted by atomic mass is 16.5. The zero-order chi connectivity index (χ0) is 7.40. The molecule has 0 aromatic heterocycles. The first-order valence-corrected chi connectivity index (χ1v) is 3.79. The zero-order valence-electron chi connectivity index (χ0n) is 6.34. The molecule has 1 fully saturated rings. The molecule has 0 saturated carbocycles. The summed E-state index contributed by atoms with van der Waals surface area (Å²) in [5.41, 5.74) is 0. The van der Waals surface area contributed by atoms with Crippen LogP contribution in [0.4, 0.5) is 0 Å². The van der Waals surface area contributed by atoms with Crippen LogP contribution in [0.25, 0.3) is 4.85 Å². The maximum Gasteiger partial charge on any atom is 0.225 e. The Kier molecular flexibility index (Phi) is 2.70. The minimum atomic E-state index is 0.153. The van der Waals surface area contributed by atoms with E-state index in [0.29, 0.717) is 5.92 Å². The summed E-state index contributed by atoms with van der Waals surface area (Å²) in [6, 6.07) is 0.153. The van der Waals surface area contributed by atoms with Crippen molar-refractivity contribution in [2.75, 3.05) is 13.2 Å². The molecule has 10 heavy (non-hydrogen) atoms. The molecule has 0 radical (unpaired) electrons. The van der Waals surface area contributed by atoms with Crippen molar-refractivity contribution in [3.63, 3.8) is 0 Å². The third kappa shape index (κ3) is 1.71. The van der Waals surface area contributed by atoms with Gasteiger partial charge in [0.1, 0.15) is 0 Å². The van der Waals surface area contributed by atoms with Crippen molar-refractivity contribution >= 4 is 0 Å². The van der Waals surface area contributed by atoms with E-state index >= 15 is 0 Å². The molecule has 0 N–H and O–H groups in total. The highest BCUT2D eigenvalue weighted by molar-refractivity contribution is 4.82. The van der Waals surface area contributed by atoms with E-state index < -0.39 is 0 Å². The second-order valence-electron chi connectivity index (χ2n) is 2.85. The molecule has 2 atom stereocenters. The number of ether oxygens (including phenoxy) is 1. The summed E-state index contributed by atoms with van der Waals surface area (Å²) in [6.07, 6.45) is 2.30. The largest absolute Gasteiger partial charge is 0.381 e. The molecule has 2 nitrogen and oxygen atoms in total. The fourth-order valence-corrected chi connectivity index (χ4v) is 1.25.